The van der Waals surface area contributed by atoms with E-state index in [0.29, 0.717) is 5.69 Å². The molecule has 0 amide bonds. The topological polar surface area (TPSA) is 66.6 Å². The van der Waals surface area contributed by atoms with Crippen LogP contribution >= 0.6 is 0 Å². The lowest BCUT2D eigenvalue weighted by molar-refractivity contribution is -0.140. The van der Waals surface area contributed by atoms with Crippen LogP contribution in [-0.2, 0) is 4.79 Å². The minimum Gasteiger partial charge on any atom is -0.481 e. The Morgan fingerprint density at radius 3 is 2.81 bits per heavy atom. The standard InChI is InChI=1S/C11H16N2O3/c1-13-4-2-8(3-5-13)10(11(14)15)9-6-16-7-12-9/h6-8,10H,2-5H2,1H3,(H,14,15). The molecule has 1 aromatic rings. The predicted molar refractivity (Wildman–Crippen MR) is 57.1 cm³/mol. The molecule has 16 heavy (non-hydrogen) atoms. The minimum absolute atomic E-state index is 0.166. The molecule has 1 N–H and O–H groups in total. The second-order valence-electron chi connectivity index (χ2n) is 4.37. The Kier molecular flexibility index (Phi) is 3.24. The summed E-state index contributed by atoms with van der Waals surface area (Å²) in [6.45, 7) is 1.90. The molecule has 1 atom stereocenters. The number of aromatic nitrogens is 1. The van der Waals surface area contributed by atoms with E-state index in [4.69, 9.17) is 4.42 Å². The van der Waals surface area contributed by atoms with Crippen molar-refractivity contribution in [2.75, 3.05) is 20.1 Å². The van der Waals surface area contributed by atoms with Crippen LogP contribution in [0.25, 0.3) is 0 Å². The fraction of sp³-hybridized carbons (Fsp3) is 0.636. The van der Waals surface area contributed by atoms with E-state index in [1.807, 2.05) is 0 Å². The number of hydrogen-bond donors (Lipinski definition) is 1. The normalized spacial score (nSPS) is 20.8. The van der Waals surface area contributed by atoms with Gasteiger partial charge in [0.05, 0.1) is 5.69 Å². The summed E-state index contributed by atoms with van der Waals surface area (Å²) in [7, 11) is 2.06. The van der Waals surface area contributed by atoms with E-state index < -0.39 is 11.9 Å². The first-order chi connectivity index (χ1) is 7.68. The number of carbonyl (C=O) groups is 1. The molecule has 0 spiro atoms. The lowest BCUT2D eigenvalue weighted by atomic mass is 9.83. The summed E-state index contributed by atoms with van der Waals surface area (Å²) in [4.78, 5) is 17.5. The zero-order chi connectivity index (χ0) is 11.5. The third kappa shape index (κ3) is 2.24. The van der Waals surface area contributed by atoms with Crippen molar-refractivity contribution in [3.05, 3.63) is 18.4 Å². The first-order valence-corrected chi connectivity index (χ1v) is 5.48. The molecule has 0 radical (unpaired) electrons. The summed E-state index contributed by atoms with van der Waals surface area (Å²) >= 11 is 0. The van der Waals surface area contributed by atoms with E-state index in [2.05, 4.69) is 16.9 Å². The zero-order valence-electron chi connectivity index (χ0n) is 9.30. The first kappa shape index (κ1) is 11.1. The number of nitrogens with zero attached hydrogens (tertiary/aromatic N) is 2. The molecule has 1 saturated heterocycles. The number of oxazole rings is 1. The molecule has 0 saturated carbocycles. The molecule has 5 nitrogen and oxygen atoms in total. The number of aliphatic carboxylic acids is 1. The van der Waals surface area contributed by atoms with Gasteiger partial charge < -0.3 is 14.4 Å². The van der Waals surface area contributed by atoms with Crippen LogP contribution in [-0.4, -0.2) is 41.1 Å². The van der Waals surface area contributed by atoms with Gasteiger partial charge in [0.15, 0.2) is 6.39 Å². The molecular weight excluding hydrogens is 208 g/mol. The van der Waals surface area contributed by atoms with Gasteiger partial charge in [-0.25, -0.2) is 4.98 Å². The SMILES string of the molecule is CN1CCC(C(C(=O)O)c2cocn2)CC1. The summed E-state index contributed by atoms with van der Waals surface area (Å²) < 4.78 is 4.87. The highest BCUT2D eigenvalue weighted by Gasteiger charge is 2.33. The highest BCUT2D eigenvalue weighted by Crippen LogP contribution is 2.31. The second-order valence-corrected chi connectivity index (χ2v) is 4.37. The quantitative estimate of drug-likeness (QED) is 0.835. The van der Waals surface area contributed by atoms with Gasteiger partial charge in [-0.1, -0.05) is 0 Å². The highest BCUT2D eigenvalue weighted by molar-refractivity contribution is 5.75. The van der Waals surface area contributed by atoms with Gasteiger partial charge in [-0.05, 0) is 38.9 Å². The van der Waals surface area contributed by atoms with Crippen LogP contribution in [0.15, 0.2) is 17.1 Å². The Bertz CT molecular complexity index is 342. The Labute approximate surface area is 94.1 Å². The van der Waals surface area contributed by atoms with Crippen LogP contribution in [0.2, 0.25) is 0 Å². The predicted octanol–water partition coefficient (Wildman–Crippen LogP) is 1.18. The summed E-state index contributed by atoms with van der Waals surface area (Å²) in [6.07, 6.45) is 4.54. The van der Waals surface area contributed by atoms with Gasteiger partial charge in [0, 0.05) is 0 Å². The van der Waals surface area contributed by atoms with Crippen molar-refractivity contribution in [3.8, 4) is 0 Å². The van der Waals surface area contributed by atoms with Crippen LogP contribution in [0.1, 0.15) is 24.5 Å². The lowest BCUT2D eigenvalue weighted by Crippen LogP contribution is -2.35. The maximum absolute atomic E-state index is 11.3. The number of carboxylic acid groups (broad SMARTS) is 1. The molecule has 1 aliphatic rings. The van der Waals surface area contributed by atoms with Crippen molar-refractivity contribution in [2.24, 2.45) is 5.92 Å². The number of piperidine rings is 1. The highest BCUT2D eigenvalue weighted by atomic mass is 16.4. The fourth-order valence-electron chi connectivity index (χ4n) is 2.31. The Morgan fingerprint density at radius 1 is 1.62 bits per heavy atom. The molecule has 1 aliphatic heterocycles. The molecule has 1 fully saturated rings. The van der Waals surface area contributed by atoms with E-state index in [1.165, 1.54) is 12.7 Å². The van der Waals surface area contributed by atoms with Crippen molar-refractivity contribution in [2.45, 2.75) is 18.8 Å². The molecule has 1 unspecified atom stereocenters. The van der Waals surface area contributed by atoms with E-state index in [-0.39, 0.29) is 5.92 Å². The molecular formula is C11H16N2O3. The van der Waals surface area contributed by atoms with E-state index in [0.717, 1.165) is 25.9 Å². The summed E-state index contributed by atoms with van der Waals surface area (Å²) in [6, 6.07) is 0. The molecule has 88 valence electrons. The second kappa shape index (κ2) is 4.65. The molecule has 0 aliphatic carbocycles. The Morgan fingerprint density at radius 2 is 2.31 bits per heavy atom. The molecule has 0 bridgehead atoms. The lowest BCUT2D eigenvalue weighted by Gasteiger charge is -2.31. The smallest absolute Gasteiger partial charge is 0.313 e. The average molecular weight is 224 g/mol. The Hall–Kier alpha value is -1.36. The molecule has 2 heterocycles. The van der Waals surface area contributed by atoms with E-state index in [1.54, 1.807) is 0 Å². The zero-order valence-corrected chi connectivity index (χ0v) is 9.30. The van der Waals surface area contributed by atoms with Crippen molar-refractivity contribution in [3.63, 3.8) is 0 Å². The van der Waals surface area contributed by atoms with Crippen molar-refractivity contribution in [1.29, 1.82) is 0 Å². The Balaban J connectivity index is 2.11. The van der Waals surface area contributed by atoms with Gasteiger partial charge in [0.2, 0.25) is 0 Å². The summed E-state index contributed by atoms with van der Waals surface area (Å²) in [5.41, 5.74) is 0.544. The van der Waals surface area contributed by atoms with Gasteiger partial charge in [-0.2, -0.15) is 0 Å². The largest absolute Gasteiger partial charge is 0.481 e. The molecule has 5 heteroatoms. The first-order valence-electron chi connectivity index (χ1n) is 5.48. The average Bonchev–Trinajstić information content (AvgIpc) is 2.74. The van der Waals surface area contributed by atoms with Crippen molar-refractivity contribution >= 4 is 5.97 Å². The van der Waals surface area contributed by atoms with Gasteiger partial charge in [0.25, 0.3) is 0 Å². The number of likely N-dealkylation sites (tertiary alicyclic amines) is 1. The minimum atomic E-state index is -0.802. The van der Waals surface area contributed by atoms with Gasteiger partial charge in [-0.15, -0.1) is 0 Å². The van der Waals surface area contributed by atoms with Gasteiger partial charge in [-0.3, -0.25) is 4.79 Å². The molecule has 1 aromatic heterocycles. The number of carboxylic acids is 1. The molecule has 0 aromatic carbocycles. The van der Waals surface area contributed by atoms with Gasteiger partial charge in [0.1, 0.15) is 12.2 Å². The third-order valence-corrected chi connectivity index (χ3v) is 3.27. The van der Waals surface area contributed by atoms with Crippen LogP contribution < -0.4 is 0 Å². The number of hydrogen-bond acceptors (Lipinski definition) is 4. The van der Waals surface area contributed by atoms with Crippen LogP contribution in [0, 0.1) is 5.92 Å². The van der Waals surface area contributed by atoms with E-state index in [9.17, 15) is 9.90 Å². The van der Waals surface area contributed by atoms with Crippen LogP contribution in [0.4, 0.5) is 0 Å². The summed E-state index contributed by atoms with van der Waals surface area (Å²) in [5.74, 6) is -1.16. The van der Waals surface area contributed by atoms with E-state index >= 15 is 0 Å². The maximum atomic E-state index is 11.3. The molecule has 2 rings (SSSR count). The monoisotopic (exact) mass is 224 g/mol. The van der Waals surface area contributed by atoms with Crippen molar-refractivity contribution in [1.82, 2.24) is 9.88 Å². The summed E-state index contributed by atoms with van der Waals surface area (Å²) in [5, 5.41) is 9.27. The third-order valence-electron chi connectivity index (χ3n) is 3.27. The van der Waals surface area contributed by atoms with Crippen molar-refractivity contribution < 1.29 is 14.3 Å². The maximum Gasteiger partial charge on any atom is 0.313 e. The van der Waals surface area contributed by atoms with Crippen LogP contribution in [0.5, 0.6) is 0 Å². The number of rotatable bonds is 3. The van der Waals surface area contributed by atoms with Crippen LogP contribution in [0.3, 0.4) is 0 Å². The van der Waals surface area contributed by atoms with Gasteiger partial charge >= 0.3 is 5.97 Å². The fourth-order valence-corrected chi connectivity index (χ4v) is 2.31.